The molecule has 234 valence electrons. The van der Waals surface area contributed by atoms with E-state index in [2.05, 4.69) is 6.58 Å². The zero-order valence-electron chi connectivity index (χ0n) is 26.1. The van der Waals surface area contributed by atoms with Gasteiger partial charge in [-0.3, -0.25) is 14.4 Å². The standard InChI is InChI=1S/C33H61NO6/c1-5-9-10-11-12-13-14-15-16-17-18-19-20-21-22-23-24-34(25-28(6-2)31(35)36,26-29(7-3)32(37)38)27-30(8-4)33(39)40/h5,28-30H,1,6-27H2,2-4H3,(H2-,35,36,37,38,39,40)/p+1. The van der Waals surface area contributed by atoms with Gasteiger partial charge in [-0.05, 0) is 44.9 Å². The molecule has 0 heterocycles. The number of hydrogen-bond donors (Lipinski definition) is 3. The Balaban J connectivity index is 4.81. The Morgan fingerprint density at radius 3 is 1.07 bits per heavy atom. The number of rotatable bonds is 29. The number of aliphatic carboxylic acids is 3. The average molecular weight is 569 g/mol. The summed E-state index contributed by atoms with van der Waals surface area (Å²) < 4.78 is 0.259. The fourth-order valence-corrected chi connectivity index (χ4v) is 5.90. The summed E-state index contributed by atoms with van der Waals surface area (Å²) in [6.45, 7) is 10.8. The molecule has 0 aromatic heterocycles. The maximum atomic E-state index is 12.0. The van der Waals surface area contributed by atoms with Crippen LogP contribution in [-0.4, -0.2) is 63.9 Å². The van der Waals surface area contributed by atoms with Gasteiger partial charge in [0, 0.05) is 0 Å². The molecule has 7 nitrogen and oxygen atoms in total. The molecule has 0 aliphatic rings. The zero-order valence-corrected chi connectivity index (χ0v) is 26.1. The van der Waals surface area contributed by atoms with Gasteiger partial charge in [-0.15, -0.1) is 6.58 Å². The lowest BCUT2D eigenvalue weighted by Gasteiger charge is -2.43. The molecule has 3 N–H and O–H groups in total. The van der Waals surface area contributed by atoms with Gasteiger partial charge in [0.1, 0.15) is 17.8 Å². The van der Waals surface area contributed by atoms with Crippen LogP contribution in [0.1, 0.15) is 136 Å². The lowest BCUT2D eigenvalue weighted by Crippen LogP contribution is -2.58. The predicted octanol–water partition coefficient (Wildman–Crippen LogP) is 8.17. The van der Waals surface area contributed by atoms with Gasteiger partial charge in [-0.2, -0.15) is 0 Å². The van der Waals surface area contributed by atoms with Gasteiger partial charge in [0.05, 0.1) is 26.2 Å². The van der Waals surface area contributed by atoms with Crippen molar-refractivity contribution in [2.75, 3.05) is 26.2 Å². The third kappa shape index (κ3) is 17.7. The predicted molar refractivity (Wildman–Crippen MR) is 163 cm³/mol. The summed E-state index contributed by atoms with van der Waals surface area (Å²) in [7, 11) is 0. The first kappa shape index (κ1) is 38.1. The molecule has 7 heteroatoms. The van der Waals surface area contributed by atoms with Crippen molar-refractivity contribution >= 4 is 17.9 Å². The molecule has 0 spiro atoms. The van der Waals surface area contributed by atoms with Crippen molar-refractivity contribution in [2.45, 2.75) is 136 Å². The smallest absolute Gasteiger partial charge is 0.312 e. The Labute approximate surface area is 245 Å². The Bertz CT molecular complexity index is 635. The summed E-state index contributed by atoms with van der Waals surface area (Å²) in [5.74, 6) is -4.51. The van der Waals surface area contributed by atoms with Crippen molar-refractivity contribution in [3.8, 4) is 0 Å². The second-order valence-electron chi connectivity index (χ2n) is 12.0. The van der Waals surface area contributed by atoms with Gasteiger partial charge < -0.3 is 19.8 Å². The number of allylic oxidation sites excluding steroid dienone is 1. The fourth-order valence-electron chi connectivity index (χ4n) is 5.90. The first-order chi connectivity index (χ1) is 19.2. The summed E-state index contributed by atoms with van der Waals surface area (Å²) in [5.41, 5.74) is 0. The van der Waals surface area contributed by atoms with Gasteiger partial charge in [-0.1, -0.05) is 97.5 Å². The number of carboxylic acid groups (broad SMARTS) is 3. The van der Waals surface area contributed by atoms with Gasteiger partial charge in [0.15, 0.2) is 0 Å². The Kier molecular flexibility index (Phi) is 22.7. The molecule has 0 aromatic rings. The lowest BCUT2D eigenvalue weighted by atomic mass is 9.95. The summed E-state index contributed by atoms with van der Waals surface area (Å²) in [5, 5.41) is 29.4. The molecule has 0 amide bonds. The summed E-state index contributed by atoms with van der Waals surface area (Å²) in [6.07, 6.45) is 21.7. The Hall–Kier alpha value is -1.89. The van der Waals surface area contributed by atoms with E-state index in [0.29, 0.717) is 25.8 Å². The van der Waals surface area contributed by atoms with Gasteiger partial charge in [0.25, 0.3) is 0 Å². The van der Waals surface area contributed by atoms with E-state index in [4.69, 9.17) is 0 Å². The number of unbranched alkanes of at least 4 members (excludes halogenated alkanes) is 14. The molecule has 0 rings (SSSR count). The van der Waals surface area contributed by atoms with Gasteiger partial charge in [0.2, 0.25) is 0 Å². The van der Waals surface area contributed by atoms with Crippen LogP contribution in [0.5, 0.6) is 0 Å². The van der Waals surface area contributed by atoms with Crippen LogP contribution in [-0.2, 0) is 14.4 Å². The van der Waals surface area contributed by atoms with E-state index < -0.39 is 35.7 Å². The molecular weight excluding hydrogens is 506 g/mol. The average Bonchev–Trinajstić information content (AvgIpc) is 2.92. The molecule has 0 fully saturated rings. The highest BCUT2D eigenvalue weighted by molar-refractivity contribution is 5.71. The van der Waals surface area contributed by atoms with Crippen LogP contribution >= 0.6 is 0 Å². The SMILES string of the molecule is C=CCCCCCCCCCCCCCCCC[N+](CC(CC)C(=O)O)(CC(CC)C(=O)O)CC(CC)C(=O)O. The van der Waals surface area contributed by atoms with Crippen LogP contribution in [0.3, 0.4) is 0 Å². The monoisotopic (exact) mass is 568 g/mol. The van der Waals surface area contributed by atoms with Crippen LogP contribution < -0.4 is 0 Å². The van der Waals surface area contributed by atoms with Crippen molar-refractivity contribution < 1.29 is 34.2 Å². The second kappa shape index (κ2) is 23.8. The summed E-state index contributed by atoms with van der Waals surface area (Å²) in [4.78, 5) is 35.9. The van der Waals surface area contributed by atoms with Crippen LogP contribution in [0.25, 0.3) is 0 Å². The minimum Gasteiger partial charge on any atom is -0.481 e. The third-order valence-electron chi connectivity index (χ3n) is 8.64. The van der Waals surface area contributed by atoms with Crippen LogP contribution in [0.2, 0.25) is 0 Å². The minimum absolute atomic E-state index is 0.259. The first-order valence-electron chi connectivity index (χ1n) is 16.3. The number of nitrogens with zero attached hydrogens (tertiary/aromatic N) is 1. The topological polar surface area (TPSA) is 112 Å². The van der Waals surface area contributed by atoms with E-state index in [0.717, 1.165) is 25.7 Å². The van der Waals surface area contributed by atoms with Crippen molar-refractivity contribution in [3.63, 3.8) is 0 Å². The normalized spacial score (nSPS) is 15.2. The second-order valence-corrected chi connectivity index (χ2v) is 12.0. The maximum Gasteiger partial charge on any atom is 0.312 e. The molecule has 3 atom stereocenters. The highest BCUT2D eigenvalue weighted by Gasteiger charge is 2.40. The van der Waals surface area contributed by atoms with E-state index in [1.165, 1.54) is 70.6 Å². The van der Waals surface area contributed by atoms with E-state index in [1.807, 2.05) is 26.8 Å². The van der Waals surface area contributed by atoms with Crippen molar-refractivity contribution in [3.05, 3.63) is 12.7 Å². The van der Waals surface area contributed by atoms with E-state index in [9.17, 15) is 29.7 Å². The zero-order chi connectivity index (χ0) is 30.2. The van der Waals surface area contributed by atoms with Crippen molar-refractivity contribution in [2.24, 2.45) is 17.8 Å². The molecule has 0 saturated carbocycles. The molecule has 0 aliphatic heterocycles. The van der Waals surface area contributed by atoms with Crippen molar-refractivity contribution in [1.29, 1.82) is 0 Å². The fraction of sp³-hybridized carbons (Fsp3) is 0.848. The van der Waals surface area contributed by atoms with Crippen LogP contribution in [0.4, 0.5) is 0 Å². The molecule has 40 heavy (non-hydrogen) atoms. The quantitative estimate of drug-likeness (QED) is 0.0476. The molecule has 3 unspecified atom stereocenters. The van der Waals surface area contributed by atoms with E-state index >= 15 is 0 Å². The Morgan fingerprint density at radius 2 is 0.825 bits per heavy atom. The van der Waals surface area contributed by atoms with E-state index in [-0.39, 0.29) is 24.1 Å². The highest BCUT2D eigenvalue weighted by atomic mass is 16.4. The number of hydrogen-bond acceptors (Lipinski definition) is 3. The molecule has 0 bridgehead atoms. The molecule has 0 aromatic carbocycles. The minimum atomic E-state index is -0.889. The Morgan fingerprint density at radius 1 is 0.550 bits per heavy atom. The first-order valence-corrected chi connectivity index (χ1v) is 16.3. The highest BCUT2D eigenvalue weighted by Crippen LogP contribution is 2.25. The summed E-state index contributed by atoms with van der Waals surface area (Å²) >= 11 is 0. The largest absolute Gasteiger partial charge is 0.481 e. The van der Waals surface area contributed by atoms with Crippen LogP contribution in [0.15, 0.2) is 12.7 Å². The number of carbonyl (C=O) groups is 3. The molecule has 0 aliphatic carbocycles. The lowest BCUT2D eigenvalue weighted by molar-refractivity contribution is -0.935. The van der Waals surface area contributed by atoms with Crippen molar-refractivity contribution in [1.82, 2.24) is 0 Å². The molecule has 0 saturated heterocycles. The van der Waals surface area contributed by atoms with Gasteiger partial charge in [-0.25, -0.2) is 0 Å². The van der Waals surface area contributed by atoms with Gasteiger partial charge >= 0.3 is 17.9 Å². The third-order valence-corrected chi connectivity index (χ3v) is 8.64. The number of quaternary nitrogens is 1. The summed E-state index contributed by atoms with van der Waals surface area (Å²) in [6, 6.07) is 0. The maximum absolute atomic E-state index is 12.0. The van der Waals surface area contributed by atoms with E-state index in [1.54, 1.807) is 0 Å². The molecular formula is C33H62NO6+. The van der Waals surface area contributed by atoms with Crippen LogP contribution in [0, 0.1) is 17.8 Å². The molecule has 0 radical (unpaired) electrons. The number of carboxylic acids is 3.